The number of rotatable bonds is 7. The first-order chi connectivity index (χ1) is 8.22. The number of nitrogens with one attached hydrogen (secondary N) is 1. The van der Waals surface area contributed by atoms with Gasteiger partial charge in [-0.1, -0.05) is 39.0 Å². The van der Waals surface area contributed by atoms with Gasteiger partial charge in [0.1, 0.15) is 0 Å². The Kier molecular flexibility index (Phi) is 7.67. The first-order valence-electron chi connectivity index (χ1n) is 7.05. The summed E-state index contributed by atoms with van der Waals surface area (Å²) in [5.74, 6) is 2.19. The van der Waals surface area contributed by atoms with Gasteiger partial charge in [-0.2, -0.15) is 0 Å². The van der Waals surface area contributed by atoms with E-state index in [0.29, 0.717) is 18.2 Å². The van der Waals surface area contributed by atoms with Crippen molar-refractivity contribution < 1.29 is 4.79 Å². The lowest BCUT2D eigenvalue weighted by atomic mass is 9.86. The lowest BCUT2D eigenvalue weighted by molar-refractivity contribution is -0.121. The molecule has 1 unspecified atom stereocenters. The van der Waals surface area contributed by atoms with Crippen LogP contribution in [0.1, 0.15) is 58.3 Å². The van der Waals surface area contributed by atoms with Crippen molar-refractivity contribution in [2.24, 2.45) is 11.8 Å². The van der Waals surface area contributed by atoms with E-state index < -0.39 is 0 Å². The van der Waals surface area contributed by atoms with Gasteiger partial charge in [0.05, 0.1) is 0 Å². The molecule has 1 rings (SSSR count). The minimum atomic E-state index is 0.219. The van der Waals surface area contributed by atoms with Crippen LogP contribution in [-0.4, -0.2) is 18.3 Å². The summed E-state index contributed by atoms with van der Waals surface area (Å²) in [7, 11) is 0. The van der Waals surface area contributed by atoms with Crippen molar-refractivity contribution in [3.63, 3.8) is 0 Å². The molecule has 0 heterocycles. The molecule has 1 N–H and O–H groups in total. The molecule has 0 aliphatic heterocycles. The molecular weight excluding hydrogens is 234 g/mol. The number of carbonyl (C=O) groups excluding carboxylic acids is 1. The molecule has 3 heteroatoms. The summed E-state index contributed by atoms with van der Waals surface area (Å²) in [6.45, 7) is 2.90. The fraction of sp³-hybridized carbons (Fsp3) is 0.929. The van der Waals surface area contributed by atoms with E-state index in [9.17, 15) is 4.79 Å². The predicted molar refractivity (Wildman–Crippen MR) is 73.3 cm³/mol. The SMILES string of the molecule is CC(CCCl)CNC(=O)CCC1CCCCC1. The van der Waals surface area contributed by atoms with E-state index in [2.05, 4.69) is 12.2 Å². The van der Waals surface area contributed by atoms with E-state index in [4.69, 9.17) is 11.6 Å². The molecule has 0 aromatic carbocycles. The van der Waals surface area contributed by atoms with Crippen LogP contribution in [0.15, 0.2) is 0 Å². The standard InChI is InChI=1S/C14H26ClNO/c1-12(9-10-15)11-16-14(17)8-7-13-5-3-2-4-6-13/h12-13H,2-11H2,1H3,(H,16,17). The Morgan fingerprint density at radius 3 is 2.71 bits per heavy atom. The van der Waals surface area contributed by atoms with Gasteiger partial charge in [0.25, 0.3) is 0 Å². The molecule has 1 fully saturated rings. The molecule has 0 aromatic rings. The molecular formula is C14H26ClNO. The summed E-state index contributed by atoms with van der Waals surface area (Å²) < 4.78 is 0. The van der Waals surface area contributed by atoms with E-state index >= 15 is 0 Å². The van der Waals surface area contributed by atoms with Gasteiger partial charge >= 0.3 is 0 Å². The van der Waals surface area contributed by atoms with Gasteiger partial charge < -0.3 is 5.32 Å². The summed E-state index contributed by atoms with van der Waals surface area (Å²) in [6.07, 6.45) is 9.53. The van der Waals surface area contributed by atoms with E-state index in [-0.39, 0.29) is 5.91 Å². The Hall–Kier alpha value is -0.240. The second kappa shape index (κ2) is 8.79. The van der Waals surface area contributed by atoms with Gasteiger partial charge in [0, 0.05) is 18.8 Å². The molecule has 1 atom stereocenters. The quantitative estimate of drug-likeness (QED) is 0.694. The highest BCUT2D eigenvalue weighted by Gasteiger charge is 2.14. The molecule has 0 radical (unpaired) electrons. The molecule has 1 aliphatic carbocycles. The molecule has 0 aromatic heterocycles. The molecule has 0 spiro atoms. The molecule has 1 amide bonds. The highest BCUT2D eigenvalue weighted by molar-refractivity contribution is 6.17. The zero-order valence-electron chi connectivity index (χ0n) is 11.0. The molecule has 1 saturated carbocycles. The van der Waals surface area contributed by atoms with Crippen molar-refractivity contribution >= 4 is 17.5 Å². The number of halogens is 1. The van der Waals surface area contributed by atoms with Crippen molar-refractivity contribution in [1.82, 2.24) is 5.32 Å². The van der Waals surface area contributed by atoms with Crippen molar-refractivity contribution in [3.8, 4) is 0 Å². The van der Waals surface area contributed by atoms with Gasteiger partial charge in [-0.25, -0.2) is 0 Å². The molecule has 0 saturated heterocycles. The Balaban J connectivity index is 2.04. The van der Waals surface area contributed by atoms with Gasteiger partial charge in [-0.15, -0.1) is 11.6 Å². The van der Waals surface area contributed by atoms with Crippen LogP contribution in [0.2, 0.25) is 0 Å². The van der Waals surface area contributed by atoms with Crippen LogP contribution < -0.4 is 5.32 Å². The number of amides is 1. The van der Waals surface area contributed by atoms with E-state index in [1.165, 1.54) is 32.1 Å². The largest absolute Gasteiger partial charge is 0.356 e. The second-order valence-corrected chi connectivity index (χ2v) is 5.81. The zero-order chi connectivity index (χ0) is 12.5. The van der Waals surface area contributed by atoms with Crippen LogP contribution in [-0.2, 0) is 4.79 Å². The molecule has 0 bridgehead atoms. The summed E-state index contributed by atoms with van der Waals surface area (Å²) in [5, 5.41) is 3.01. The summed E-state index contributed by atoms with van der Waals surface area (Å²) >= 11 is 5.66. The predicted octanol–water partition coefficient (Wildman–Crippen LogP) is 3.73. The smallest absolute Gasteiger partial charge is 0.220 e. The van der Waals surface area contributed by atoms with E-state index in [1.807, 2.05) is 0 Å². The average molecular weight is 260 g/mol. The van der Waals surface area contributed by atoms with Crippen LogP contribution in [0.5, 0.6) is 0 Å². The lowest BCUT2D eigenvalue weighted by Gasteiger charge is -2.21. The molecule has 1 aliphatic rings. The second-order valence-electron chi connectivity index (χ2n) is 5.43. The van der Waals surface area contributed by atoms with Gasteiger partial charge in [-0.3, -0.25) is 4.79 Å². The molecule has 17 heavy (non-hydrogen) atoms. The summed E-state index contributed by atoms with van der Waals surface area (Å²) in [4.78, 5) is 11.7. The van der Waals surface area contributed by atoms with Gasteiger partial charge in [0.2, 0.25) is 5.91 Å². The minimum Gasteiger partial charge on any atom is -0.356 e. The van der Waals surface area contributed by atoms with E-state index in [1.54, 1.807) is 0 Å². The number of alkyl halides is 1. The van der Waals surface area contributed by atoms with Gasteiger partial charge in [-0.05, 0) is 24.7 Å². The fourth-order valence-electron chi connectivity index (χ4n) is 2.48. The summed E-state index contributed by atoms with van der Waals surface area (Å²) in [5.41, 5.74) is 0. The molecule has 2 nitrogen and oxygen atoms in total. The number of hydrogen-bond acceptors (Lipinski definition) is 1. The minimum absolute atomic E-state index is 0.219. The van der Waals surface area contributed by atoms with Crippen molar-refractivity contribution in [2.45, 2.75) is 58.3 Å². The van der Waals surface area contributed by atoms with Crippen molar-refractivity contribution in [1.29, 1.82) is 0 Å². The number of carbonyl (C=O) groups is 1. The maximum atomic E-state index is 11.7. The first kappa shape index (κ1) is 14.8. The first-order valence-corrected chi connectivity index (χ1v) is 7.58. The third-order valence-electron chi connectivity index (χ3n) is 3.75. The molecule has 100 valence electrons. The third kappa shape index (κ3) is 6.92. The van der Waals surface area contributed by atoms with Gasteiger partial charge in [0.15, 0.2) is 0 Å². The Labute approximate surface area is 110 Å². The van der Waals surface area contributed by atoms with Crippen molar-refractivity contribution in [3.05, 3.63) is 0 Å². The zero-order valence-corrected chi connectivity index (χ0v) is 11.8. The van der Waals surface area contributed by atoms with Crippen LogP contribution in [0.4, 0.5) is 0 Å². The fourth-order valence-corrected chi connectivity index (χ4v) is 2.85. The normalized spacial score (nSPS) is 18.9. The Bertz CT molecular complexity index is 214. The average Bonchev–Trinajstić information content (AvgIpc) is 2.35. The maximum Gasteiger partial charge on any atom is 0.220 e. The van der Waals surface area contributed by atoms with Crippen LogP contribution in [0, 0.1) is 11.8 Å². The Morgan fingerprint density at radius 1 is 1.35 bits per heavy atom. The summed E-state index contributed by atoms with van der Waals surface area (Å²) in [6, 6.07) is 0. The highest BCUT2D eigenvalue weighted by atomic mass is 35.5. The van der Waals surface area contributed by atoms with Crippen molar-refractivity contribution in [2.75, 3.05) is 12.4 Å². The van der Waals surface area contributed by atoms with Crippen LogP contribution >= 0.6 is 11.6 Å². The van der Waals surface area contributed by atoms with Crippen LogP contribution in [0.25, 0.3) is 0 Å². The van der Waals surface area contributed by atoms with E-state index in [0.717, 1.165) is 25.3 Å². The number of hydrogen-bond donors (Lipinski definition) is 1. The monoisotopic (exact) mass is 259 g/mol. The third-order valence-corrected chi connectivity index (χ3v) is 3.97. The Morgan fingerprint density at radius 2 is 2.06 bits per heavy atom. The highest BCUT2D eigenvalue weighted by Crippen LogP contribution is 2.27. The lowest BCUT2D eigenvalue weighted by Crippen LogP contribution is -2.28. The topological polar surface area (TPSA) is 29.1 Å². The van der Waals surface area contributed by atoms with Crippen LogP contribution in [0.3, 0.4) is 0 Å². The maximum absolute atomic E-state index is 11.7.